The van der Waals surface area contributed by atoms with Crippen LogP contribution in [-0.4, -0.2) is 88.8 Å². The van der Waals surface area contributed by atoms with E-state index in [-0.39, 0.29) is 68.1 Å². The molecule has 0 aliphatic carbocycles. The van der Waals surface area contributed by atoms with Crippen molar-refractivity contribution in [3.05, 3.63) is 70.8 Å². The minimum atomic E-state index is -1.15. The maximum atomic E-state index is 12.2. The third-order valence-electron chi connectivity index (χ3n) is 7.65. The van der Waals surface area contributed by atoms with Crippen LogP contribution in [0.4, 0.5) is 0 Å². The number of nitrogens with zero attached hydrogens (tertiary/aromatic N) is 2. The Balaban J connectivity index is 0.000000262. The standard InChI is InChI=1S/2C14H15NO4.2C4H9.Sn/c2*1-8(2)7-11(14(18)19)15-12(16)9-5-3-4-6-10(9)13(15)17;2*1-3-4-2;/h2*3-6,8,11H,7H2,1-2H3,(H,18,19);2*1,3-4H2,2H3;. The van der Waals surface area contributed by atoms with Gasteiger partial charge in [0.2, 0.25) is 0 Å². The Kier molecular flexibility index (Phi) is 16.3. The molecule has 2 heterocycles. The van der Waals surface area contributed by atoms with Gasteiger partial charge >= 0.3 is 81.5 Å². The zero-order chi connectivity index (χ0) is 35.3. The molecule has 2 aromatic carbocycles. The summed E-state index contributed by atoms with van der Waals surface area (Å²) in [7, 11) is 0. The number of carboxylic acid groups (broad SMARTS) is 2. The Hall–Kier alpha value is -3.54. The Morgan fingerprint density at radius 3 is 1.09 bits per heavy atom. The van der Waals surface area contributed by atoms with Crippen molar-refractivity contribution in [2.75, 3.05) is 0 Å². The molecule has 2 radical (unpaired) electrons. The topological polar surface area (TPSA) is 149 Å². The molecule has 0 bridgehead atoms. The zero-order valence-corrected chi connectivity index (χ0v) is 31.2. The number of hydrogen-bond acceptors (Lipinski definition) is 6. The van der Waals surface area contributed by atoms with Crippen molar-refractivity contribution in [1.82, 2.24) is 9.80 Å². The summed E-state index contributed by atoms with van der Waals surface area (Å²) in [5.74, 6) is -4.23. The Morgan fingerprint density at radius 2 is 0.872 bits per heavy atom. The molecule has 0 fully saturated rings. The van der Waals surface area contributed by atoms with E-state index in [1.54, 1.807) is 57.4 Å². The molecule has 11 heteroatoms. The average Bonchev–Trinajstić information content (AvgIpc) is 3.43. The first-order valence-corrected chi connectivity index (χ1v) is 20.4. The van der Waals surface area contributed by atoms with E-state index in [4.69, 9.17) is 0 Å². The Bertz CT molecular complexity index is 1250. The second-order valence-electron chi connectivity index (χ2n) is 12.5. The van der Waals surface area contributed by atoms with Crippen LogP contribution in [0.5, 0.6) is 0 Å². The van der Waals surface area contributed by atoms with Crippen LogP contribution in [0.25, 0.3) is 0 Å². The normalized spacial score (nSPS) is 14.7. The van der Waals surface area contributed by atoms with Gasteiger partial charge in [0, 0.05) is 0 Å². The first kappa shape index (κ1) is 39.6. The third-order valence-corrected chi connectivity index (χ3v) is 11.7. The summed E-state index contributed by atoms with van der Waals surface area (Å²) in [6.07, 6.45) is 6.34. The van der Waals surface area contributed by atoms with Gasteiger partial charge in [-0.2, -0.15) is 0 Å². The van der Waals surface area contributed by atoms with Gasteiger partial charge in [0.1, 0.15) is 12.1 Å². The van der Waals surface area contributed by atoms with Crippen molar-refractivity contribution < 1.29 is 39.0 Å². The maximum absolute atomic E-state index is 12.2. The molecule has 0 saturated heterocycles. The van der Waals surface area contributed by atoms with Crippen molar-refractivity contribution in [3.8, 4) is 0 Å². The number of benzene rings is 2. The molecular weight excluding hydrogens is 707 g/mol. The van der Waals surface area contributed by atoms with E-state index in [1.165, 1.54) is 25.7 Å². The summed E-state index contributed by atoms with van der Waals surface area (Å²) in [5, 5.41) is 18.5. The van der Waals surface area contributed by atoms with Gasteiger partial charge in [-0.05, 0) is 48.9 Å². The van der Waals surface area contributed by atoms with Crippen LogP contribution in [0.1, 0.15) is 121 Å². The molecule has 4 amide bonds. The van der Waals surface area contributed by atoms with Gasteiger partial charge in [0.05, 0.1) is 22.3 Å². The van der Waals surface area contributed by atoms with Gasteiger partial charge in [-0.25, -0.2) is 9.59 Å². The first-order chi connectivity index (χ1) is 22.3. The van der Waals surface area contributed by atoms with E-state index in [0.29, 0.717) is 0 Å². The molecule has 2 aliphatic heterocycles. The third kappa shape index (κ3) is 10.7. The van der Waals surface area contributed by atoms with Crippen LogP contribution in [0.3, 0.4) is 0 Å². The van der Waals surface area contributed by atoms with E-state index in [9.17, 15) is 39.0 Å². The second-order valence-corrected chi connectivity index (χ2v) is 16.8. The number of carbonyl (C=O) groups is 6. The fourth-order valence-corrected chi connectivity index (χ4v) is 9.40. The number of unbranched alkanes of at least 4 members (excludes halogenated alkanes) is 2. The fraction of sp³-hybridized carbons (Fsp3) is 0.500. The number of carboxylic acids is 2. The van der Waals surface area contributed by atoms with Crippen molar-refractivity contribution in [1.29, 1.82) is 0 Å². The number of aliphatic carboxylic acids is 2. The number of amides is 4. The van der Waals surface area contributed by atoms with Gasteiger partial charge < -0.3 is 10.2 Å². The molecule has 2 aliphatic rings. The molecule has 2 aromatic rings. The van der Waals surface area contributed by atoms with Crippen molar-refractivity contribution in [3.63, 3.8) is 0 Å². The zero-order valence-electron chi connectivity index (χ0n) is 28.3. The summed E-state index contributed by atoms with van der Waals surface area (Å²) < 4.78 is 3.25. The van der Waals surface area contributed by atoms with Crippen LogP contribution >= 0.6 is 0 Å². The molecule has 4 rings (SSSR count). The summed E-state index contributed by atoms with van der Waals surface area (Å²) in [5.41, 5.74) is 1.12. The van der Waals surface area contributed by atoms with E-state index >= 15 is 0 Å². The van der Waals surface area contributed by atoms with Crippen LogP contribution in [-0.2, 0) is 9.59 Å². The van der Waals surface area contributed by atoms with Crippen LogP contribution in [0, 0.1) is 11.8 Å². The van der Waals surface area contributed by atoms with Crippen LogP contribution < -0.4 is 0 Å². The summed E-state index contributed by atoms with van der Waals surface area (Å²) >= 11 is 0.149. The molecule has 47 heavy (non-hydrogen) atoms. The molecule has 10 nitrogen and oxygen atoms in total. The molecule has 0 spiro atoms. The quantitative estimate of drug-likeness (QED) is 0.123. The number of fused-ring (bicyclic) bond motifs is 2. The van der Waals surface area contributed by atoms with E-state index in [0.717, 1.165) is 9.80 Å². The molecule has 254 valence electrons. The Labute approximate surface area is 288 Å². The number of imide groups is 2. The molecule has 2 N–H and O–H groups in total. The predicted molar refractivity (Wildman–Crippen MR) is 181 cm³/mol. The average molecular weight is 755 g/mol. The molecular formula is C36H48N2O8Sn. The minimum absolute atomic E-state index is 0.0745. The molecule has 0 aromatic heterocycles. The number of rotatable bonds is 14. The Morgan fingerprint density at radius 1 is 0.596 bits per heavy atom. The van der Waals surface area contributed by atoms with Gasteiger partial charge in [0.25, 0.3) is 23.6 Å². The van der Waals surface area contributed by atoms with Gasteiger partial charge in [-0.15, -0.1) is 0 Å². The fourth-order valence-electron chi connectivity index (χ4n) is 5.24. The van der Waals surface area contributed by atoms with Gasteiger partial charge in [0.15, 0.2) is 0 Å². The van der Waals surface area contributed by atoms with Gasteiger partial charge in [-0.1, -0.05) is 52.0 Å². The summed E-state index contributed by atoms with van der Waals surface area (Å²) in [4.78, 5) is 73.1. The molecule has 2 unspecified atom stereocenters. The summed E-state index contributed by atoms with van der Waals surface area (Å²) in [6.45, 7) is 12.0. The monoisotopic (exact) mass is 756 g/mol. The van der Waals surface area contributed by atoms with E-state index < -0.39 is 47.7 Å². The van der Waals surface area contributed by atoms with Crippen LogP contribution in [0.2, 0.25) is 8.87 Å². The number of hydrogen-bond donors (Lipinski definition) is 2. The second kappa shape index (κ2) is 19.3. The van der Waals surface area contributed by atoms with Crippen molar-refractivity contribution in [2.24, 2.45) is 11.8 Å². The van der Waals surface area contributed by atoms with Crippen LogP contribution in [0.15, 0.2) is 48.5 Å². The van der Waals surface area contributed by atoms with E-state index in [2.05, 4.69) is 13.8 Å². The predicted octanol–water partition coefficient (Wildman–Crippen LogP) is 6.69. The van der Waals surface area contributed by atoms with E-state index in [1.807, 2.05) is 27.7 Å². The SMILES string of the molecule is CC(C)CC(C(=O)O)N1C(=O)c2ccccc2C1=O.CC(C)CC(C(=O)O)N1C(=O)c2ccccc2C1=O.CCC[CH2][Sn][CH2]CCC. The van der Waals surface area contributed by atoms with Crippen molar-refractivity contribution in [2.45, 2.75) is 101 Å². The molecule has 2 atom stereocenters. The summed E-state index contributed by atoms with van der Waals surface area (Å²) in [6, 6.07) is 10.6. The number of carbonyl (C=O) groups excluding carboxylic acids is 4. The first-order valence-electron chi connectivity index (χ1n) is 16.4. The van der Waals surface area contributed by atoms with Gasteiger partial charge in [-0.3, -0.25) is 29.0 Å². The van der Waals surface area contributed by atoms with Crippen molar-refractivity contribution >= 4 is 56.7 Å². The molecule has 0 saturated carbocycles.